The van der Waals surface area contributed by atoms with E-state index in [1.807, 2.05) is 13.0 Å². The molecule has 1 heterocycles. The number of nitrogen functional groups attached to an aromatic ring is 1. The maximum Gasteiger partial charge on any atom is 0.127 e. The number of hydrogen-bond donors (Lipinski definition) is 1. The molecule has 1 aromatic heterocycles. The van der Waals surface area contributed by atoms with Crippen LogP contribution in [0.25, 0.3) is 0 Å². The average Bonchev–Trinajstić information content (AvgIpc) is 2.76. The van der Waals surface area contributed by atoms with E-state index in [-0.39, 0.29) is 0 Å². The van der Waals surface area contributed by atoms with Gasteiger partial charge in [-0.3, -0.25) is 0 Å². The van der Waals surface area contributed by atoms with Crippen molar-refractivity contribution >= 4 is 5.82 Å². The Labute approximate surface area is 89.4 Å². The fourth-order valence-corrected chi connectivity index (χ4v) is 2.93. The first-order valence-electron chi connectivity index (χ1n) is 5.52. The third kappa shape index (κ3) is 1.42. The lowest BCUT2D eigenvalue weighted by Gasteiger charge is -2.17. The fraction of sp³-hybridized carbons (Fsp3) is 0.500. The van der Waals surface area contributed by atoms with Gasteiger partial charge in [0, 0.05) is 17.7 Å². The summed E-state index contributed by atoms with van der Waals surface area (Å²) in [6.07, 6.45) is 7.22. The van der Waals surface area contributed by atoms with Crippen LogP contribution in [0.1, 0.15) is 30.3 Å². The largest absolute Gasteiger partial charge is 0.384 e. The molecule has 1 saturated carbocycles. The molecule has 0 aliphatic heterocycles. The Hall–Kier alpha value is -1.38. The van der Waals surface area contributed by atoms with Crippen LogP contribution in [-0.4, -0.2) is 9.97 Å². The molecule has 2 bridgehead atoms. The maximum atomic E-state index is 5.76. The normalized spacial score (nSPS) is 32.5. The minimum Gasteiger partial charge on any atom is -0.384 e. The smallest absolute Gasteiger partial charge is 0.127 e. The van der Waals surface area contributed by atoms with E-state index in [2.05, 4.69) is 22.1 Å². The topological polar surface area (TPSA) is 51.8 Å². The Morgan fingerprint density at radius 3 is 2.73 bits per heavy atom. The minimum atomic E-state index is 0.573. The van der Waals surface area contributed by atoms with Crippen LogP contribution in [0.2, 0.25) is 0 Å². The highest BCUT2D eigenvalue weighted by atomic mass is 14.9. The minimum absolute atomic E-state index is 0.573. The Kier molecular flexibility index (Phi) is 1.81. The molecule has 1 aromatic rings. The SMILES string of the molecule is Cc1nc(N)cc([C@H]2C[C@H]3C=C[C@H]2C3)n1. The predicted octanol–water partition coefficient (Wildman–Crippen LogP) is 2.05. The molecular formula is C12H15N3. The number of rotatable bonds is 1. The molecule has 0 spiro atoms. The van der Waals surface area contributed by atoms with Gasteiger partial charge in [-0.05, 0) is 31.6 Å². The number of nitrogens with two attached hydrogens (primary N) is 1. The van der Waals surface area contributed by atoms with E-state index < -0.39 is 0 Å². The lowest BCUT2D eigenvalue weighted by Crippen LogP contribution is -2.09. The van der Waals surface area contributed by atoms with E-state index in [1.54, 1.807) is 0 Å². The second-order valence-corrected chi connectivity index (χ2v) is 4.65. The summed E-state index contributed by atoms with van der Waals surface area (Å²) in [6, 6.07) is 1.94. The van der Waals surface area contributed by atoms with Crippen molar-refractivity contribution in [3.05, 3.63) is 29.7 Å². The van der Waals surface area contributed by atoms with Gasteiger partial charge in [0.15, 0.2) is 0 Å². The zero-order chi connectivity index (χ0) is 10.4. The van der Waals surface area contributed by atoms with Gasteiger partial charge in [-0.15, -0.1) is 0 Å². The molecule has 2 aliphatic carbocycles. The summed E-state index contributed by atoms with van der Waals surface area (Å²) >= 11 is 0. The van der Waals surface area contributed by atoms with Crippen molar-refractivity contribution in [2.75, 3.05) is 5.73 Å². The molecule has 0 aromatic carbocycles. The van der Waals surface area contributed by atoms with Gasteiger partial charge in [-0.2, -0.15) is 0 Å². The summed E-state index contributed by atoms with van der Waals surface area (Å²) < 4.78 is 0. The van der Waals surface area contributed by atoms with Crippen LogP contribution >= 0.6 is 0 Å². The van der Waals surface area contributed by atoms with E-state index in [0.29, 0.717) is 17.7 Å². The van der Waals surface area contributed by atoms with Crippen molar-refractivity contribution in [2.24, 2.45) is 11.8 Å². The van der Waals surface area contributed by atoms with Crippen LogP contribution < -0.4 is 5.73 Å². The number of nitrogens with zero attached hydrogens (tertiary/aromatic N) is 2. The Morgan fingerprint density at radius 2 is 2.13 bits per heavy atom. The average molecular weight is 201 g/mol. The van der Waals surface area contributed by atoms with Gasteiger partial charge in [0.05, 0.1) is 0 Å². The summed E-state index contributed by atoms with van der Waals surface area (Å²) in [7, 11) is 0. The van der Waals surface area contributed by atoms with Crippen molar-refractivity contribution in [2.45, 2.75) is 25.7 Å². The van der Waals surface area contributed by atoms with Crippen LogP contribution in [0.3, 0.4) is 0 Å². The predicted molar refractivity (Wildman–Crippen MR) is 59.3 cm³/mol. The van der Waals surface area contributed by atoms with Gasteiger partial charge in [0.1, 0.15) is 11.6 Å². The van der Waals surface area contributed by atoms with Crippen molar-refractivity contribution in [1.29, 1.82) is 0 Å². The first-order chi connectivity index (χ1) is 7.22. The number of aryl methyl sites for hydroxylation is 1. The molecule has 0 amide bonds. The molecule has 3 heteroatoms. The van der Waals surface area contributed by atoms with E-state index >= 15 is 0 Å². The Bertz CT molecular complexity index is 405. The second-order valence-electron chi connectivity index (χ2n) is 4.65. The quantitative estimate of drug-likeness (QED) is 0.707. The third-order valence-electron chi connectivity index (χ3n) is 3.54. The molecule has 0 radical (unpaired) electrons. The van der Waals surface area contributed by atoms with Crippen LogP contribution in [0.4, 0.5) is 5.82 Å². The first kappa shape index (κ1) is 8.89. The Balaban J connectivity index is 1.96. The van der Waals surface area contributed by atoms with E-state index in [4.69, 9.17) is 5.73 Å². The molecule has 15 heavy (non-hydrogen) atoms. The molecular weight excluding hydrogens is 186 g/mol. The number of fused-ring (bicyclic) bond motifs is 2. The lowest BCUT2D eigenvalue weighted by atomic mass is 9.90. The van der Waals surface area contributed by atoms with Crippen LogP contribution in [0, 0.1) is 18.8 Å². The van der Waals surface area contributed by atoms with Crippen LogP contribution in [0.15, 0.2) is 18.2 Å². The summed E-state index contributed by atoms with van der Waals surface area (Å²) in [4.78, 5) is 8.63. The van der Waals surface area contributed by atoms with Crippen molar-refractivity contribution in [3.63, 3.8) is 0 Å². The molecule has 2 N–H and O–H groups in total. The standard InChI is InChI=1S/C12H15N3/c1-7-14-11(6-12(13)15-7)10-5-8-2-3-9(10)4-8/h2-3,6,8-10H,4-5H2,1H3,(H2,13,14,15)/t8-,9-,10-/m0/s1. The first-order valence-corrected chi connectivity index (χ1v) is 5.52. The maximum absolute atomic E-state index is 5.76. The fourth-order valence-electron chi connectivity index (χ4n) is 2.93. The van der Waals surface area contributed by atoms with Gasteiger partial charge in [-0.1, -0.05) is 12.2 Å². The molecule has 1 fully saturated rings. The molecule has 0 unspecified atom stereocenters. The summed E-state index contributed by atoms with van der Waals surface area (Å²) in [6.45, 7) is 1.91. The summed E-state index contributed by atoms with van der Waals surface area (Å²) in [5, 5.41) is 0. The van der Waals surface area contributed by atoms with E-state index in [9.17, 15) is 0 Å². The van der Waals surface area contributed by atoms with Crippen molar-refractivity contribution < 1.29 is 0 Å². The van der Waals surface area contributed by atoms with Gasteiger partial charge in [0.2, 0.25) is 0 Å². The Morgan fingerprint density at radius 1 is 1.27 bits per heavy atom. The molecule has 3 nitrogen and oxygen atoms in total. The zero-order valence-electron chi connectivity index (χ0n) is 8.85. The monoisotopic (exact) mass is 201 g/mol. The van der Waals surface area contributed by atoms with E-state index in [1.165, 1.54) is 12.8 Å². The van der Waals surface area contributed by atoms with Crippen LogP contribution in [0.5, 0.6) is 0 Å². The molecule has 78 valence electrons. The molecule has 2 aliphatic rings. The summed E-state index contributed by atoms with van der Waals surface area (Å²) in [5.41, 5.74) is 6.89. The van der Waals surface area contributed by atoms with Gasteiger partial charge >= 0.3 is 0 Å². The lowest BCUT2D eigenvalue weighted by molar-refractivity contribution is 0.567. The van der Waals surface area contributed by atoms with Gasteiger partial charge in [0.25, 0.3) is 0 Å². The van der Waals surface area contributed by atoms with Crippen molar-refractivity contribution in [3.8, 4) is 0 Å². The highest BCUT2D eigenvalue weighted by Gasteiger charge is 2.37. The van der Waals surface area contributed by atoms with Gasteiger partial charge < -0.3 is 5.73 Å². The number of aromatic nitrogens is 2. The highest BCUT2D eigenvalue weighted by Crippen LogP contribution is 2.48. The van der Waals surface area contributed by atoms with Crippen LogP contribution in [-0.2, 0) is 0 Å². The number of hydrogen-bond acceptors (Lipinski definition) is 3. The highest BCUT2D eigenvalue weighted by molar-refractivity contribution is 5.33. The molecule has 3 atom stereocenters. The molecule has 0 saturated heterocycles. The third-order valence-corrected chi connectivity index (χ3v) is 3.54. The number of allylic oxidation sites excluding steroid dienone is 2. The zero-order valence-corrected chi connectivity index (χ0v) is 8.85. The molecule has 3 rings (SSSR count). The number of anilines is 1. The second kappa shape index (κ2) is 3.05. The van der Waals surface area contributed by atoms with Gasteiger partial charge in [-0.25, -0.2) is 9.97 Å². The van der Waals surface area contributed by atoms with E-state index in [0.717, 1.165) is 17.4 Å². The van der Waals surface area contributed by atoms with Crippen molar-refractivity contribution in [1.82, 2.24) is 9.97 Å². The summed E-state index contributed by atoms with van der Waals surface area (Å²) in [5.74, 6) is 3.42.